The van der Waals surface area contributed by atoms with Crippen LogP contribution in [0.3, 0.4) is 0 Å². The van der Waals surface area contributed by atoms with Crippen molar-refractivity contribution in [2.24, 2.45) is 5.73 Å². The van der Waals surface area contributed by atoms with Gasteiger partial charge in [0, 0.05) is 16.0 Å². The summed E-state index contributed by atoms with van der Waals surface area (Å²) in [6.07, 6.45) is 0. The Morgan fingerprint density at radius 1 is 1.00 bits per heavy atom. The lowest BCUT2D eigenvalue weighted by Crippen LogP contribution is -2.35. The zero-order valence-corrected chi connectivity index (χ0v) is 14.3. The van der Waals surface area contributed by atoms with Crippen LogP contribution in [-0.4, -0.2) is 30.9 Å². The third-order valence-electron chi connectivity index (χ3n) is 4.28. The Kier molecular flexibility index (Phi) is 4.19. The third-order valence-corrected chi connectivity index (χ3v) is 7.09. The number of hydrogen-bond donors (Lipinski definition) is 2. The summed E-state index contributed by atoms with van der Waals surface area (Å²) in [6.45, 7) is -0.419. The van der Waals surface area contributed by atoms with Crippen LogP contribution in [-0.2, 0) is 9.84 Å². The highest BCUT2D eigenvalue weighted by atomic mass is 35.5. The first kappa shape index (κ1) is 16.7. The molecule has 1 aliphatic carbocycles. The first-order valence-electron chi connectivity index (χ1n) is 6.95. The Balaban J connectivity index is 2.01. The van der Waals surface area contributed by atoms with Crippen molar-refractivity contribution in [3.63, 3.8) is 0 Å². The van der Waals surface area contributed by atoms with Gasteiger partial charge in [0.25, 0.3) is 0 Å². The molecular weight excluding hydrogens is 357 g/mol. The van der Waals surface area contributed by atoms with Crippen molar-refractivity contribution in [1.29, 1.82) is 0 Å². The minimum absolute atomic E-state index is 0.145. The predicted octanol–water partition coefficient (Wildman–Crippen LogP) is 2.62. The number of hydrogen-bond acceptors (Lipinski definition) is 4. The molecule has 3 atom stereocenters. The van der Waals surface area contributed by atoms with Crippen LogP contribution in [0.2, 0.25) is 10.0 Å². The molecule has 0 spiro atoms. The first-order valence-corrected chi connectivity index (χ1v) is 9.25. The van der Waals surface area contributed by atoms with Gasteiger partial charge >= 0.3 is 0 Å². The predicted molar refractivity (Wildman–Crippen MR) is 90.6 cm³/mol. The minimum atomic E-state index is -3.69. The Morgan fingerprint density at radius 2 is 1.48 bits per heavy atom. The van der Waals surface area contributed by atoms with E-state index in [0.29, 0.717) is 10.0 Å². The maximum atomic E-state index is 12.9. The molecule has 1 aliphatic rings. The van der Waals surface area contributed by atoms with E-state index in [1.165, 1.54) is 24.3 Å². The molecule has 4 nitrogen and oxygen atoms in total. The summed E-state index contributed by atoms with van der Waals surface area (Å²) < 4.78 is 25.7. The highest BCUT2D eigenvalue weighted by Crippen LogP contribution is 2.55. The van der Waals surface area contributed by atoms with Gasteiger partial charge in [0.1, 0.15) is 0 Å². The lowest BCUT2D eigenvalue weighted by atomic mass is 10.1. The van der Waals surface area contributed by atoms with Crippen molar-refractivity contribution in [3.05, 3.63) is 64.1 Å². The quantitative estimate of drug-likeness (QED) is 0.865. The van der Waals surface area contributed by atoms with E-state index in [2.05, 4.69) is 0 Å². The molecule has 0 heterocycles. The molecule has 23 heavy (non-hydrogen) atoms. The molecule has 0 unspecified atom stereocenters. The topological polar surface area (TPSA) is 80.4 Å². The number of aliphatic hydroxyl groups excluding tert-OH is 1. The maximum Gasteiger partial charge on any atom is 0.183 e. The lowest BCUT2D eigenvalue weighted by molar-refractivity contribution is 0.253. The van der Waals surface area contributed by atoms with Crippen LogP contribution >= 0.6 is 23.2 Å². The van der Waals surface area contributed by atoms with Gasteiger partial charge in [-0.3, -0.25) is 0 Å². The molecular formula is C16H15Cl2NO3S. The highest BCUT2D eigenvalue weighted by molar-refractivity contribution is 7.92. The summed E-state index contributed by atoms with van der Waals surface area (Å²) in [7, 11) is -3.69. The van der Waals surface area contributed by atoms with Gasteiger partial charge in [-0.05, 0) is 42.0 Å². The van der Waals surface area contributed by atoms with E-state index in [4.69, 9.17) is 28.9 Å². The van der Waals surface area contributed by atoms with Gasteiger partial charge in [-0.1, -0.05) is 35.3 Å². The van der Waals surface area contributed by atoms with E-state index in [1.54, 1.807) is 24.3 Å². The minimum Gasteiger partial charge on any atom is -0.394 e. The number of nitrogens with two attached hydrogens (primary N) is 1. The van der Waals surface area contributed by atoms with Gasteiger partial charge in [-0.15, -0.1) is 0 Å². The Hall–Kier alpha value is -1.11. The largest absolute Gasteiger partial charge is 0.394 e. The fraction of sp³-hybridized carbons (Fsp3) is 0.250. The average Bonchev–Trinajstić information content (AvgIpc) is 3.16. The SMILES string of the molecule is N[C@]1(CO)[C@@H](c2ccc(Cl)cc2)[C@@H]1S(=O)(=O)c1ccc(Cl)cc1. The summed E-state index contributed by atoms with van der Waals surface area (Å²) in [5.74, 6) is -0.481. The van der Waals surface area contributed by atoms with Crippen LogP contribution in [0, 0.1) is 0 Å². The zero-order chi connectivity index (χ0) is 16.8. The fourth-order valence-corrected chi connectivity index (χ4v) is 5.56. The number of aliphatic hydroxyl groups is 1. The lowest BCUT2D eigenvalue weighted by Gasteiger charge is -2.08. The second kappa shape index (κ2) is 5.76. The van der Waals surface area contributed by atoms with Gasteiger partial charge in [0.15, 0.2) is 9.84 Å². The zero-order valence-electron chi connectivity index (χ0n) is 12.0. The molecule has 0 aliphatic heterocycles. The molecule has 0 aromatic heterocycles. The first-order chi connectivity index (χ1) is 10.8. The molecule has 1 saturated carbocycles. The van der Waals surface area contributed by atoms with Crippen molar-refractivity contribution >= 4 is 33.0 Å². The van der Waals surface area contributed by atoms with Gasteiger partial charge in [0.05, 0.1) is 22.3 Å². The molecule has 1 fully saturated rings. The van der Waals surface area contributed by atoms with Crippen LogP contribution in [0.1, 0.15) is 11.5 Å². The number of rotatable bonds is 4. The number of sulfone groups is 1. The molecule has 0 saturated heterocycles. The van der Waals surface area contributed by atoms with E-state index in [-0.39, 0.29) is 4.90 Å². The third kappa shape index (κ3) is 2.77. The van der Waals surface area contributed by atoms with E-state index >= 15 is 0 Å². The van der Waals surface area contributed by atoms with E-state index in [0.717, 1.165) is 5.56 Å². The Labute approximate surface area is 144 Å². The van der Waals surface area contributed by atoms with E-state index in [1.807, 2.05) is 0 Å². The Bertz CT molecular complexity index is 821. The van der Waals surface area contributed by atoms with Crippen LogP contribution in [0.15, 0.2) is 53.4 Å². The van der Waals surface area contributed by atoms with E-state index in [9.17, 15) is 13.5 Å². The van der Waals surface area contributed by atoms with Crippen LogP contribution < -0.4 is 5.73 Å². The van der Waals surface area contributed by atoms with Crippen molar-refractivity contribution in [2.45, 2.75) is 21.6 Å². The molecule has 7 heteroatoms. The van der Waals surface area contributed by atoms with Gasteiger partial charge in [0.2, 0.25) is 0 Å². The summed E-state index contributed by atoms with van der Waals surface area (Å²) in [5.41, 5.74) is 5.71. The van der Waals surface area contributed by atoms with E-state index < -0.39 is 33.2 Å². The number of halogens is 2. The molecule has 122 valence electrons. The van der Waals surface area contributed by atoms with Crippen molar-refractivity contribution < 1.29 is 13.5 Å². The van der Waals surface area contributed by atoms with Crippen molar-refractivity contribution in [3.8, 4) is 0 Å². The molecule has 0 radical (unpaired) electrons. The second-order valence-corrected chi connectivity index (χ2v) is 8.66. The smallest absolute Gasteiger partial charge is 0.183 e. The van der Waals surface area contributed by atoms with Crippen molar-refractivity contribution in [2.75, 3.05) is 6.61 Å². The monoisotopic (exact) mass is 371 g/mol. The van der Waals surface area contributed by atoms with Crippen molar-refractivity contribution in [1.82, 2.24) is 0 Å². The standard InChI is InChI=1S/C16H15Cl2NO3S/c17-11-3-1-10(2-4-11)14-15(16(14,19)9-20)23(21,22)13-7-5-12(18)6-8-13/h1-8,14-15,20H,9,19H2/t14-,15-,16+/m0/s1. The highest BCUT2D eigenvalue weighted by Gasteiger charge is 2.69. The second-order valence-electron chi connectivity index (χ2n) is 5.72. The molecule has 0 bridgehead atoms. The van der Waals surface area contributed by atoms with Gasteiger partial charge < -0.3 is 10.8 Å². The Morgan fingerprint density at radius 3 is 1.96 bits per heavy atom. The van der Waals surface area contributed by atoms with Crippen LogP contribution in [0.4, 0.5) is 0 Å². The fourth-order valence-electron chi connectivity index (χ4n) is 3.01. The maximum absolute atomic E-state index is 12.9. The molecule has 0 amide bonds. The number of benzene rings is 2. The molecule has 2 aromatic carbocycles. The summed E-state index contributed by atoms with van der Waals surface area (Å²) in [4.78, 5) is 0.145. The summed E-state index contributed by atoms with van der Waals surface area (Å²) in [5, 5.41) is 9.76. The summed E-state index contributed by atoms with van der Waals surface area (Å²) >= 11 is 11.7. The van der Waals surface area contributed by atoms with Crippen LogP contribution in [0.25, 0.3) is 0 Å². The van der Waals surface area contributed by atoms with Gasteiger partial charge in [-0.2, -0.15) is 0 Å². The van der Waals surface area contributed by atoms with Crippen LogP contribution in [0.5, 0.6) is 0 Å². The molecule has 3 N–H and O–H groups in total. The molecule has 3 rings (SSSR count). The molecule has 2 aromatic rings. The van der Waals surface area contributed by atoms with Gasteiger partial charge in [-0.25, -0.2) is 8.42 Å². The summed E-state index contributed by atoms with van der Waals surface area (Å²) in [6, 6.07) is 12.8. The average molecular weight is 372 g/mol. The normalized spacial score (nSPS) is 27.0.